The molecule has 66 valence electrons. The molecule has 1 aromatic rings. The smallest absolute Gasteiger partial charge is 0.143 e. The fraction of sp³-hybridized carbons (Fsp3) is 0.429. The van der Waals surface area contributed by atoms with E-state index in [-0.39, 0.29) is 6.10 Å². The summed E-state index contributed by atoms with van der Waals surface area (Å²) in [5.74, 6) is 0.700. The molecule has 0 amide bonds. The zero-order chi connectivity index (χ0) is 8.97. The summed E-state index contributed by atoms with van der Waals surface area (Å²) in [6.07, 6.45) is 2.72. The summed E-state index contributed by atoms with van der Waals surface area (Å²) >= 11 is 3.28. The minimum absolute atomic E-state index is 0.383. The minimum atomic E-state index is -0.383. The van der Waals surface area contributed by atoms with Crippen LogP contribution in [0.4, 0.5) is 5.82 Å². The number of hydrogen-bond acceptors (Lipinski definition) is 4. The van der Waals surface area contributed by atoms with E-state index in [1.807, 2.05) is 0 Å². The molecule has 0 bridgehead atoms. The second kappa shape index (κ2) is 4.37. The summed E-state index contributed by atoms with van der Waals surface area (Å²) in [5.41, 5.74) is 0. The van der Waals surface area contributed by atoms with Crippen LogP contribution in [0.3, 0.4) is 0 Å². The predicted octanol–water partition coefficient (Wildman–Crippen LogP) is 1.03. The maximum absolute atomic E-state index is 8.98. The summed E-state index contributed by atoms with van der Waals surface area (Å²) in [6.45, 7) is 2.19. The van der Waals surface area contributed by atoms with E-state index in [2.05, 4.69) is 31.2 Å². The molecule has 12 heavy (non-hydrogen) atoms. The maximum atomic E-state index is 8.98. The second-order valence-electron chi connectivity index (χ2n) is 2.45. The Balaban J connectivity index is 2.57. The number of halogens is 1. The lowest BCUT2D eigenvalue weighted by Gasteiger charge is -2.07. The van der Waals surface area contributed by atoms with Crippen molar-refractivity contribution in [2.24, 2.45) is 0 Å². The molecular formula is C7H10BrN3O. The van der Waals surface area contributed by atoms with Crippen LogP contribution < -0.4 is 5.32 Å². The maximum Gasteiger partial charge on any atom is 0.143 e. The highest BCUT2D eigenvalue weighted by molar-refractivity contribution is 9.10. The molecule has 0 unspecified atom stereocenters. The van der Waals surface area contributed by atoms with E-state index >= 15 is 0 Å². The number of nitrogens with zero attached hydrogens (tertiary/aromatic N) is 2. The molecule has 0 aromatic carbocycles. The van der Waals surface area contributed by atoms with Gasteiger partial charge in [0.25, 0.3) is 0 Å². The van der Waals surface area contributed by atoms with Crippen LogP contribution in [-0.2, 0) is 0 Å². The van der Waals surface area contributed by atoms with E-state index in [4.69, 9.17) is 5.11 Å². The number of aliphatic hydroxyl groups is 1. The van der Waals surface area contributed by atoms with Crippen LogP contribution in [0.5, 0.6) is 0 Å². The number of rotatable bonds is 3. The van der Waals surface area contributed by atoms with E-state index < -0.39 is 0 Å². The lowest BCUT2D eigenvalue weighted by Crippen LogP contribution is -2.16. The highest BCUT2D eigenvalue weighted by atomic mass is 79.9. The fourth-order valence-corrected chi connectivity index (χ4v) is 1.05. The molecule has 1 atom stereocenters. The molecule has 0 aliphatic rings. The van der Waals surface area contributed by atoms with Gasteiger partial charge in [-0.3, -0.25) is 0 Å². The minimum Gasteiger partial charge on any atom is -0.392 e. The predicted molar refractivity (Wildman–Crippen MR) is 49.9 cm³/mol. The highest BCUT2D eigenvalue weighted by Gasteiger charge is 2.00. The zero-order valence-electron chi connectivity index (χ0n) is 6.66. The Bertz CT molecular complexity index is 254. The third kappa shape index (κ3) is 2.75. The molecule has 0 saturated heterocycles. The van der Waals surface area contributed by atoms with Crippen LogP contribution in [-0.4, -0.2) is 27.7 Å². The molecular weight excluding hydrogens is 222 g/mol. The zero-order valence-corrected chi connectivity index (χ0v) is 8.24. The first-order valence-electron chi connectivity index (χ1n) is 3.57. The van der Waals surface area contributed by atoms with Crippen LogP contribution >= 0.6 is 15.9 Å². The van der Waals surface area contributed by atoms with Crippen molar-refractivity contribution in [1.29, 1.82) is 0 Å². The van der Waals surface area contributed by atoms with Crippen molar-refractivity contribution in [3.8, 4) is 0 Å². The fourth-order valence-electron chi connectivity index (χ4n) is 0.687. The van der Waals surface area contributed by atoms with Gasteiger partial charge in [0, 0.05) is 12.7 Å². The van der Waals surface area contributed by atoms with Crippen molar-refractivity contribution in [3.05, 3.63) is 17.0 Å². The molecule has 0 aliphatic heterocycles. The van der Waals surface area contributed by atoms with Gasteiger partial charge in [0.1, 0.15) is 12.1 Å². The van der Waals surface area contributed by atoms with Crippen molar-refractivity contribution in [3.63, 3.8) is 0 Å². The molecule has 0 aliphatic carbocycles. The van der Waals surface area contributed by atoms with Gasteiger partial charge in [0.2, 0.25) is 0 Å². The second-order valence-corrected chi connectivity index (χ2v) is 3.30. The monoisotopic (exact) mass is 231 g/mol. The van der Waals surface area contributed by atoms with Gasteiger partial charge in [0.15, 0.2) is 0 Å². The SMILES string of the molecule is C[C@@H](O)CNc1ncncc1Br. The first-order chi connectivity index (χ1) is 5.70. The molecule has 5 heteroatoms. The lowest BCUT2D eigenvalue weighted by molar-refractivity contribution is 0.208. The van der Waals surface area contributed by atoms with Crippen molar-refractivity contribution in [2.75, 3.05) is 11.9 Å². The van der Waals surface area contributed by atoms with Crippen molar-refractivity contribution in [2.45, 2.75) is 13.0 Å². The summed E-state index contributed by atoms with van der Waals surface area (Å²) in [6, 6.07) is 0. The molecule has 1 heterocycles. The number of aliphatic hydroxyl groups excluding tert-OH is 1. The van der Waals surface area contributed by atoms with Crippen LogP contribution in [0, 0.1) is 0 Å². The third-order valence-electron chi connectivity index (χ3n) is 1.23. The molecule has 1 aromatic heterocycles. The summed E-state index contributed by atoms with van der Waals surface area (Å²) < 4.78 is 0.797. The lowest BCUT2D eigenvalue weighted by atomic mass is 10.4. The first kappa shape index (κ1) is 9.41. The number of nitrogens with one attached hydrogen (secondary N) is 1. The van der Waals surface area contributed by atoms with Crippen molar-refractivity contribution in [1.82, 2.24) is 9.97 Å². The Hall–Kier alpha value is -0.680. The molecule has 0 saturated carbocycles. The number of anilines is 1. The Kier molecular flexibility index (Phi) is 3.43. The topological polar surface area (TPSA) is 58.0 Å². The molecule has 4 nitrogen and oxygen atoms in total. The van der Waals surface area contributed by atoms with E-state index in [0.29, 0.717) is 12.4 Å². The Morgan fingerprint density at radius 2 is 2.50 bits per heavy atom. The van der Waals surface area contributed by atoms with Crippen LogP contribution in [0.25, 0.3) is 0 Å². The van der Waals surface area contributed by atoms with Gasteiger partial charge in [0.05, 0.1) is 10.6 Å². The van der Waals surface area contributed by atoms with Gasteiger partial charge in [-0.15, -0.1) is 0 Å². The largest absolute Gasteiger partial charge is 0.392 e. The quantitative estimate of drug-likeness (QED) is 0.817. The molecule has 0 fully saturated rings. The number of aromatic nitrogens is 2. The van der Waals surface area contributed by atoms with Gasteiger partial charge >= 0.3 is 0 Å². The van der Waals surface area contributed by atoms with Crippen LogP contribution in [0.2, 0.25) is 0 Å². The van der Waals surface area contributed by atoms with E-state index in [9.17, 15) is 0 Å². The summed E-state index contributed by atoms with van der Waals surface area (Å²) in [4.78, 5) is 7.78. The third-order valence-corrected chi connectivity index (χ3v) is 1.81. The normalized spacial score (nSPS) is 12.6. The van der Waals surface area contributed by atoms with Crippen LogP contribution in [0.1, 0.15) is 6.92 Å². The van der Waals surface area contributed by atoms with E-state index in [0.717, 1.165) is 4.47 Å². The van der Waals surface area contributed by atoms with Gasteiger partial charge in [-0.2, -0.15) is 0 Å². The Morgan fingerprint density at radius 1 is 1.75 bits per heavy atom. The van der Waals surface area contributed by atoms with Gasteiger partial charge in [-0.05, 0) is 22.9 Å². The van der Waals surface area contributed by atoms with Gasteiger partial charge < -0.3 is 10.4 Å². The average molecular weight is 232 g/mol. The highest BCUT2D eigenvalue weighted by Crippen LogP contribution is 2.16. The average Bonchev–Trinajstić information content (AvgIpc) is 2.03. The molecule has 0 spiro atoms. The standard InChI is InChI=1S/C7H10BrN3O/c1-5(12)2-10-7-6(8)3-9-4-11-7/h3-5,12H,2H2,1H3,(H,9,10,11)/t5-/m1/s1. The number of hydrogen-bond donors (Lipinski definition) is 2. The molecule has 0 radical (unpaired) electrons. The summed E-state index contributed by atoms with van der Waals surface area (Å²) in [7, 11) is 0. The molecule has 1 rings (SSSR count). The van der Waals surface area contributed by atoms with Gasteiger partial charge in [-0.25, -0.2) is 9.97 Å². The summed E-state index contributed by atoms with van der Waals surface area (Å²) in [5, 5.41) is 11.9. The molecule has 2 N–H and O–H groups in total. The van der Waals surface area contributed by atoms with Crippen LogP contribution in [0.15, 0.2) is 17.0 Å². The van der Waals surface area contributed by atoms with Gasteiger partial charge in [-0.1, -0.05) is 0 Å². The Labute approximate surface area is 79.2 Å². The first-order valence-corrected chi connectivity index (χ1v) is 4.37. The van der Waals surface area contributed by atoms with Crippen molar-refractivity contribution < 1.29 is 5.11 Å². The van der Waals surface area contributed by atoms with E-state index in [1.54, 1.807) is 13.1 Å². The van der Waals surface area contributed by atoms with E-state index in [1.165, 1.54) is 6.33 Å². The Morgan fingerprint density at radius 3 is 3.08 bits per heavy atom. The van der Waals surface area contributed by atoms with Crippen molar-refractivity contribution >= 4 is 21.7 Å².